The van der Waals surface area contributed by atoms with Crippen LogP contribution in [0.5, 0.6) is 5.75 Å². The molecule has 1 aromatic heterocycles. The van der Waals surface area contributed by atoms with E-state index < -0.39 is 10.9 Å². The first kappa shape index (κ1) is 18.3. The van der Waals surface area contributed by atoms with Gasteiger partial charge in [0.05, 0.1) is 12.0 Å². The minimum atomic E-state index is -0.821. The smallest absolute Gasteiger partial charge is 0.342 e. The molecule has 0 saturated heterocycles. The zero-order valence-electron chi connectivity index (χ0n) is 13.9. The van der Waals surface area contributed by atoms with E-state index in [2.05, 4.69) is 10.1 Å². The maximum atomic E-state index is 12.3. The monoisotopic (exact) mass is 389 g/mol. The minimum Gasteiger partial charge on any atom is -0.496 e. The van der Waals surface area contributed by atoms with E-state index in [4.69, 9.17) is 25.6 Å². The van der Waals surface area contributed by atoms with Gasteiger partial charge in [-0.2, -0.15) is 4.98 Å². The molecule has 3 rings (SSSR count). The number of non-ortho nitro benzene ring substituents is 1. The van der Waals surface area contributed by atoms with E-state index in [1.54, 1.807) is 24.3 Å². The fourth-order valence-electron chi connectivity index (χ4n) is 2.23. The van der Waals surface area contributed by atoms with E-state index in [1.807, 2.05) is 0 Å². The van der Waals surface area contributed by atoms with Crippen molar-refractivity contribution in [1.29, 1.82) is 0 Å². The van der Waals surface area contributed by atoms with Gasteiger partial charge >= 0.3 is 5.97 Å². The molecule has 9 nitrogen and oxygen atoms in total. The largest absolute Gasteiger partial charge is 0.496 e. The number of nitro groups is 1. The quantitative estimate of drug-likeness (QED) is 0.356. The molecule has 0 N–H and O–H groups in total. The molecule has 1 heterocycles. The lowest BCUT2D eigenvalue weighted by molar-refractivity contribution is -0.384. The van der Waals surface area contributed by atoms with E-state index in [9.17, 15) is 14.9 Å². The SMILES string of the molecule is COc1ccc([N+](=O)[O-])cc1C(=O)OCc1nc(-c2cccc(Cl)c2)no1. The maximum Gasteiger partial charge on any atom is 0.342 e. The number of aromatic nitrogens is 2. The molecule has 138 valence electrons. The number of benzene rings is 2. The van der Waals surface area contributed by atoms with Crippen LogP contribution in [0.1, 0.15) is 16.2 Å². The lowest BCUT2D eigenvalue weighted by atomic mass is 10.2. The number of esters is 1. The van der Waals surface area contributed by atoms with Crippen LogP contribution in [0.4, 0.5) is 5.69 Å². The van der Waals surface area contributed by atoms with Crippen LogP contribution in [0.3, 0.4) is 0 Å². The third-order valence-electron chi connectivity index (χ3n) is 3.49. The van der Waals surface area contributed by atoms with Crippen LogP contribution >= 0.6 is 11.6 Å². The number of methoxy groups -OCH3 is 1. The van der Waals surface area contributed by atoms with E-state index >= 15 is 0 Å². The van der Waals surface area contributed by atoms with Gasteiger partial charge in [0, 0.05) is 22.7 Å². The first-order valence-corrected chi connectivity index (χ1v) is 7.94. The topological polar surface area (TPSA) is 118 Å². The van der Waals surface area contributed by atoms with Gasteiger partial charge in [-0.25, -0.2) is 4.79 Å². The second kappa shape index (κ2) is 7.83. The predicted molar refractivity (Wildman–Crippen MR) is 93.5 cm³/mol. The van der Waals surface area contributed by atoms with Gasteiger partial charge < -0.3 is 14.0 Å². The van der Waals surface area contributed by atoms with Gasteiger partial charge in [-0.3, -0.25) is 10.1 Å². The van der Waals surface area contributed by atoms with Crippen molar-refractivity contribution >= 4 is 23.3 Å². The van der Waals surface area contributed by atoms with Gasteiger partial charge in [-0.05, 0) is 18.2 Å². The maximum absolute atomic E-state index is 12.3. The van der Waals surface area contributed by atoms with Crippen molar-refractivity contribution in [3.8, 4) is 17.1 Å². The fraction of sp³-hybridized carbons (Fsp3) is 0.118. The van der Waals surface area contributed by atoms with E-state index in [0.717, 1.165) is 6.07 Å². The van der Waals surface area contributed by atoms with Gasteiger partial charge in [-0.15, -0.1) is 0 Å². The Hall–Kier alpha value is -3.46. The number of carbonyl (C=O) groups is 1. The Kier molecular flexibility index (Phi) is 5.32. The second-order valence-electron chi connectivity index (χ2n) is 5.24. The number of nitro benzene ring substituents is 1. The number of hydrogen-bond acceptors (Lipinski definition) is 8. The number of ether oxygens (including phenoxy) is 2. The Morgan fingerprint density at radius 3 is 2.81 bits per heavy atom. The molecule has 0 radical (unpaired) electrons. The summed E-state index contributed by atoms with van der Waals surface area (Å²) in [6, 6.07) is 10.5. The highest BCUT2D eigenvalue weighted by Gasteiger charge is 2.20. The Balaban J connectivity index is 1.73. The third-order valence-corrected chi connectivity index (χ3v) is 3.73. The molecule has 0 aliphatic heterocycles. The van der Waals surface area contributed by atoms with Crippen LogP contribution in [0.25, 0.3) is 11.4 Å². The molecule has 0 spiro atoms. The van der Waals surface area contributed by atoms with Crippen LogP contribution in [0, 0.1) is 10.1 Å². The van der Waals surface area contributed by atoms with Crippen LogP contribution in [0.15, 0.2) is 47.0 Å². The van der Waals surface area contributed by atoms with Crippen molar-refractivity contribution in [3.05, 3.63) is 69.1 Å². The molecule has 0 amide bonds. The molecule has 3 aromatic rings. The summed E-state index contributed by atoms with van der Waals surface area (Å²) in [7, 11) is 1.34. The molecule has 0 aliphatic rings. The van der Waals surface area contributed by atoms with Crippen LogP contribution in [0.2, 0.25) is 5.02 Å². The summed E-state index contributed by atoms with van der Waals surface area (Å²) in [5, 5.41) is 15.2. The molecule has 0 fully saturated rings. The summed E-state index contributed by atoms with van der Waals surface area (Å²) in [4.78, 5) is 26.7. The standard InChI is InChI=1S/C17H12ClN3O6/c1-25-14-6-5-12(21(23)24)8-13(14)17(22)26-9-15-19-16(20-27-15)10-3-2-4-11(18)7-10/h2-8H,9H2,1H3. The lowest BCUT2D eigenvalue weighted by Crippen LogP contribution is -2.08. The fourth-order valence-corrected chi connectivity index (χ4v) is 2.42. The molecule has 10 heteroatoms. The number of hydrogen-bond donors (Lipinski definition) is 0. The number of halogens is 1. The summed E-state index contributed by atoms with van der Waals surface area (Å²) in [5.41, 5.74) is 0.300. The summed E-state index contributed by atoms with van der Waals surface area (Å²) >= 11 is 5.92. The van der Waals surface area contributed by atoms with Crippen LogP contribution < -0.4 is 4.74 Å². The van der Waals surface area contributed by atoms with Gasteiger partial charge in [0.1, 0.15) is 11.3 Å². The van der Waals surface area contributed by atoms with Gasteiger partial charge in [0.25, 0.3) is 11.6 Å². The van der Waals surface area contributed by atoms with E-state index in [1.165, 1.54) is 19.2 Å². The molecule has 2 aromatic carbocycles. The molecule has 0 saturated carbocycles. The highest BCUT2D eigenvalue weighted by atomic mass is 35.5. The molecular weight excluding hydrogens is 378 g/mol. The average Bonchev–Trinajstić information content (AvgIpc) is 3.14. The van der Waals surface area contributed by atoms with Crippen molar-refractivity contribution in [3.63, 3.8) is 0 Å². The number of rotatable bonds is 6. The molecule has 27 heavy (non-hydrogen) atoms. The van der Waals surface area contributed by atoms with Crippen LogP contribution in [-0.2, 0) is 11.3 Å². The number of carbonyl (C=O) groups excluding carboxylic acids is 1. The third kappa shape index (κ3) is 4.21. The summed E-state index contributed by atoms with van der Waals surface area (Å²) in [6.07, 6.45) is 0. The summed E-state index contributed by atoms with van der Waals surface area (Å²) in [6.45, 7) is -0.307. The van der Waals surface area contributed by atoms with Crippen molar-refractivity contribution < 1.29 is 23.7 Å². The highest BCUT2D eigenvalue weighted by molar-refractivity contribution is 6.30. The first-order chi connectivity index (χ1) is 13.0. The zero-order valence-corrected chi connectivity index (χ0v) is 14.7. The summed E-state index contributed by atoms with van der Waals surface area (Å²) in [5.74, 6) is -0.326. The van der Waals surface area contributed by atoms with Crippen LogP contribution in [-0.4, -0.2) is 28.1 Å². The second-order valence-corrected chi connectivity index (χ2v) is 5.68. The minimum absolute atomic E-state index is 0.0581. The van der Waals surface area contributed by atoms with Crippen molar-refractivity contribution in [2.24, 2.45) is 0 Å². The Morgan fingerprint density at radius 1 is 1.30 bits per heavy atom. The molecular formula is C17H12ClN3O6. The Bertz CT molecular complexity index is 1000. The molecule has 0 bridgehead atoms. The molecule has 0 aliphatic carbocycles. The zero-order chi connectivity index (χ0) is 19.4. The van der Waals surface area contributed by atoms with Crippen molar-refractivity contribution in [2.75, 3.05) is 7.11 Å². The summed E-state index contributed by atoms with van der Waals surface area (Å²) < 4.78 is 15.2. The normalized spacial score (nSPS) is 10.4. The molecule has 0 unspecified atom stereocenters. The Labute approximate surface area is 157 Å². The van der Waals surface area contributed by atoms with Crippen molar-refractivity contribution in [1.82, 2.24) is 10.1 Å². The van der Waals surface area contributed by atoms with E-state index in [-0.39, 0.29) is 35.3 Å². The van der Waals surface area contributed by atoms with Gasteiger partial charge in [0.15, 0.2) is 6.61 Å². The average molecular weight is 390 g/mol. The lowest BCUT2D eigenvalue weighted by Gasteiger charge is -2.07. The number of nitrogens with zero attached hydrogens (tertiary/aromatic N) is 3. The molecule has 0 atom stereocenters. The van der Waals surface area contributed by atoms with Gasteiger partial charge in [0.2, 0.25) is 5.82 Å². The highest BCUT2D eigenvalue weighted by Crippen LogP contribution is 2.25. The predicted octanol–water partition coefficient (Wildman–Crippen LogP) is 3.66. The Morgan fingerprint density at radius 2 is 2.11 bits per heavy atom. The van der Waals surface area contributed by atoms with Crippen molar-refractivity contribution in [2.45, 2.75) is 6.61 Å². The first-order valence-electron chi connectivity index (χ1n) is 7.56. The van der Waals surface area contributed by atoms with Gasteiger partial charge in [-0.1, -0.05) is 28.9 Å². The van der Waals surface area contributed by atoms with E-state index in [0.29, 0.717) is 10.6 Å².